The molecule has 0 atom stereocenters. The molecule has 3 heteroatoms. The highest BCUT2D eigenvalue weighted by atomic mass is 16.5. The van der Waals surface area contributed by atoms with E-state index in [1.165, 1.54) is 75.8 Å². The molecule has 2 heterocycles. The van der Waals surface area contributed by atoms with Crippen LogP contribution in [0.3, 0.4) is 0 Å². The zero-order chi connectivity index (χ0) is 17.5. The van der Waals surface area contributed by atoms with E-state index >= 15 is 0 Å². The van der Waals surface area contributed by atoms with Gasteiger partial charge in [0, 0.05) is 26.2 Å². The molecule has 0 N–H and O–H groups in total. The van der Waals surface area contributed by atoms with Crippen molar-refractivity contribution in [2.24, 2.45) is 5.92 Å². The standard InChI is InChI=1S/C22H36N2O/c1-3-19(4-2)17-24-13-10-20-16-22(9-8-21(20)18-24)25-15-14-23-11-6-5-7-12-23/h8-9,16,19H,3-7,10-15,17-18H2,1-2H3. The number of piperidine rings is 1. The third-order valence-corrected chi connectivity index (χ3v) is 6.07. The van der Waals surface area contributed by atoms with Crippen LogP contribution >= 0.6 is 0 Å². The van der Waals surface area contributed by atoms with Crippen molar-refractivity contribution in [3.63, 3.8) is 0 Å². The van der Waals surface area contributed by atoms with Crippen molar-refractivity contribution in [2.45, 2.75) is 58.9 Å². The minimum atomic E-state index is 0.819. The first kappa shape index (κ1) is 18.7. The molecule has 0 aliphatic carbocycles. The molecule has 1 aromatic carbocycles. The average molecular weight is 345 g/mol. The Labute approximate surface area is 154 Å². The monoisotopic (exact) mass is 344 g/mol. The van der Waals surface area contributed by atoms with Gasteiger partial charge in [-0.05, 0) is 61.5 Å². The Morgan fingerprint density at radius 3 is 2.52 bits per heavy atom. The van der Waals surface area contributed by atoms with Gasteiger partial charge in [0.2, 0.25) is 0 Å². The highest BCUT2D eigenvalue weighted by Crippen LogP contribution is 2.25. The van der Waals surface area contributed by atoms with Gasteiger partial charge in [-0.2, -0.15) is 0 Å². The predicted molar refractivity (Wildman–Crippen MR) is 105 cm³/mol. The summed E-state index contributed by atoms with van der Waals surface area (Å²) in [6.07, 6.45) is 7.86. The van der Waals surface area contributed by atoms with Gasteiger partial charge in [0.15, 0.2) is 0 Å². The fourth-order valence-corrected chi connectivity index (χ4v) is 4.22. The Balaban J connectivity index is 1.47. The van der Waals surface area contributed by atoms with Gasteiger partial charge in [-0.1, -0.05) is 39.2 Å². The maximum absolute atomic E-state index is 6.05. The summed E-state index contributed by atoms with van der Waals surface area (Å²) in [5, 5.41) is 0. The third kappa shape index (κ3) is 5.46. The molecular formula is C22H36N2O. The summed E-state index contributed by atoms with van der Waals surface area (Å²) in [7, 11) is 0. The maximum atomic E-state index is 6.05. The largest absolute Gasteiger partial charge is 0.492 e. The first-order valence-corrected chi connectivity index (χ1v) is 10.5. The molecule has 25 heavy (non-hydrogen) atoms. The number of fused-ring (bicyclic) bond motifs is 1. The van der Waals surface area contributed by atoms with Gasteiger partial charge >= 0.3 is 0 Å². The molecule has 1 saturated heterocycles. The van der Waals surface area contributed by atoms with Crippen molar-refractivity contribution < 1.29 is 4.74 Å². The Morgan fingerprint density at radius 2 is 1.76 bits per heavy atom. The van der Waals surface area contributed by atoms with Gasteiger partial charge in [-0.3, -0.25) is 9.80 Å². The van der Waals surface area contributed by atoms with Gasteiger partial charge in [0.25, 0.3) is 0 Å². The maximum Gasteiger partial charge on any atom is 0.119 e. The molecule has 3 nitrogen and oxygen atoms in total. The van der Waals surface area contributed by atoms with Crippen molar-refractivity contribution in [1.29, 1.82) is 0 Å². The quantitative estimate of drug-likeness (QED) is 0.697. The molecule has 0 aromatic heterocycles. The molecule has 3 rings (SSSR count). The molecule has 2 aliphatic heterocycles. The molecular weight excluding hydrogens is 308 g/mol. The number of hydrogen-bond acceptors (Lipinski definition) is 3. The van der Waals surface area contributed by atoms with Crippen LogP contribution in [-0.2, 0) is 13.0 Å². The Morgan fingerprint density at radius 1 is 0.960 bits per heavy atom. The van der Waals surface area contributed by atoms with Crippen molar-refractivity contribution in [3.05, 3.63) is 29.3 Å². The smallest absolute Gasteiger partial charge is 0.119 e. The number of rotatable bonds is 8. The van der Waals surface area contributed by atoms with E-state index in [2.05, 4.69) is 41.8 Å². The minimum Gasteiger partial charge on any atom is -0.492 e. The molecule has 1 fully saturated rings. The summed E-state index contributed by atoms with van der Waals surface area (Å²) in [6, 6.07) is 6.76. The van der Waals surface area contributed by atoms with E-state index in [0.29, 0.717) is 0 Å². The van der Waals surface area contributed by atoms with Crippen LogP contribution in [0.25, 0.3) is 0 Å². The first-order chi connectivity index (χ1) is 12.3. The van der Waals surface area contributed by atoms with Crippen LogP contribution in [0.1, 0.15) is 57.1 Å². The third-order valence-electron chi connectivity index (χ3n) is 6.07. The van der Waals surface area contributed by atoms with Crippen LogP contribution < -0.4 is 4.74 Å². The van der Waals surface area contributed by atoms with Crippen LogP contribution in [0.15, 0.2) is 18.2 Å². The Hall–Kier alpha value is -1.06. The summed E-state index contributed by atoms with van der Waals surface area (Å²) in [5.74, 6) is 1.91. The second-order valence-electron chi connectivity index (χ2n) is 7.85. The molecule has 0 radical (unpaired) electrons. The number of benzene rings is 1. The summed E-state index contributed by atoms with van der Waals surface area (Å²) in [5.41, 5.74) is 3.00. The van der Waals surface area contributed by atoms with Crippen molar-refractivity contribution >= 4 is 0 Å². The number of nitrogens with zero attached hydrogens (tertiary/aromatic N) is 2. The average Bonchev–Trinajstić information content (AvgIpc) is 2.67. The fraction of sp³-hybridized carbons (Fsp3) is 0.727. The lowest BCUT2D eigenvalue weighted by atomic mass is 9.97. The number of likely N-dealkylation sites (tertiary alicyclic amines) is 1. The van der Waals surface area contributed by atoms with E-state index in [-0.39, 0.29) is 0 Å². The van der Waals surface area contributed by atoms with Gasteiger partial charge in [0.1, 0.15) is 12.4 Å². The summed E-state index contributed by atoms with van der Waals surface area (Å²) in [4.78, 5) is 5.18. The summed E-state index contributed by atoms with van der Waals surface area (Å²) < 4.78 is 6.05. The Bertz CT molecular complexity index is 521. The van der Waals surface area contributed by atoms with Crippen molar-refractivity contribution in [1.82, 2.24) is 9.80 Å². The SMILES string of the molecule is CCC(CC)CN1CCc2cc(OCCN3CCCCC3)ccc2C1. The van der Waals surface area contributed by atoms with Crippen LogP contribution in [0.5, 0.6) is 5.75 Å². The first-order valence-electron chi connectivity index (χ1n) is 10.5. The normalized spacial score (nSPS) is 19.2. The van der Waals surface area contributed by atoms with E-state index in [1.54, 1.807) is 0 Å². The van der Waals surface area contributed by atoms with Gasteiger partial charge in [-0.15, -0.1) is 0 Å². The van der Waals surface area contributed by atoms with E-state index in [1.807, 2.05) is 0 Å². The van der Waals surface area contributed by atoms with Crippen LogP contribution in [0.4, 0.5) is 0 Å². The molecule has 0 spiro atoms. The Kier molecular flexibility index (Phi) is 7.18. The molecule has 140 valence electrons. The van der Waals surface area contributed by atoms with Gasteiger partial charge in [0.05, 0.1) is 0 Å². The molecule has 1 aromatic rings. The highest BCUT2D eigenvalue weighted by molar-refractivity contribution is 5.37. The zero-order valence-electron chi connectivity index (χ0n) is 16.3. The number of ether oxygens (including phenoxy) is 1. The van der Waals surface area contributed by atoms with Crippen LogP contribution in [0.2, 0.25) is 0 Å². The highest BCUT2D eigenvalue weighted by Gasteiger charge is 2.19. The second kappa shape index (κ2) is 9.59. The van der Waals surface area contributed by atoms with Crippen LogP contribution in [0, 0.1) is 5.92 Å². The molecule has 0 amide bonds. The molecule has 0 bridgehead atoms. The summed E-state index contributed by atoms with van der Waals surface area (Å²) >= 11 is 0. The lowest BCUT2D eigenvalue weighted by Gasteiger charge is -2.31. The summed E-state index contributed by atoms with van der Waals surface area (Å²) in [6.45, 7) is 12.6. The van der Waals surface area contributed by atoms with Gasteiger partial charge in [-0.25, -0.2) is 0 Å². The molecule has 0 saturated carbocycles. The topological polar surface area (TPSA) is 15.7 Å². The van der Waals surface area contributed by atoms with E-state index in [9.17, 15) is 0 Å². The zero-order valence-corrected chi connectivity index (χ0v) is 16.3. The minimum absolute atomic E-state index is 0.819. The molecule has 2 aliphatic rings. The van der Waals surface area contributed by atoms with Crippen molar-refractivity contribution in [2.75, 3.05) is 39.3 Å². The molecule has 0 unspecified atom stereocenters. The second-order valence-corrected chi connectivity index (χ2v) is 7.85. The van der Waals surface area contributed by atoms with Crippen molar-refractivity contribution in [3.8, 4) is 5.75 Å². The van der Waals surface area contributed by atoms with E-state index in [0.717, 1.165) is 31.4 Å². The van der Waals surface area contributed by atoms with E-state index in [4.69, 9.17) is 4.74 Å². The lowest BCUT2D eigenvalue weighted by molar-refractivity contribution is 0.183. The predicted octanol–water partition coefficient (Wildman–Crippen LogP) is 4.35. The number of hydrogen-bond donors (Lipinski definition) is 0. The lowest BCUT2D eigenvalue weighted by Crippen LogP contribution is -2.34. The van der Waals surface area contributed by atoms with Crippen LogP contribution in [-0.4, -0.2) is 49.1 Å². The fourth-order valence-electron chi connectivity index (χ4n) is 4.22. The van der Waals surface area contributed by atoms with E-state index < -0.39 is 0 Å². The van der Waals surface area contributed by atoms with Gasteiger partial charge < -0.3 is 4.74 Å².